The first-order valence-electron chi connectivity index (χ1n) is 9.57. The summed E-state index contributed by atoms with van der Waals surface area (Å²) in [4.78, 5) is 13.0. The average molecular weight is 419 g/mol. The highest BCUT2D eigenvalue weighted by atomic mass is 19.1. The van der Waals surface area contributed by atoms with Gasteiger partial charge in [0.05, 0.1) is 18.5 Å². The normalized spacial score (nSPS) is 10.7. The van der Waals surface area contributed by atoms with E-state index in [-0.39, 0.29) is 18.1 Å². The van der Waals surface area contributed by atoms with Crippen LogP contribution in [-0.2, 0) is 6.54 Å². The Morgan fingerprint density at radius 2 is 1.71 bits per heavy atom. The standard InChI is InChI=1S/C24H19F2N3O2/c1-31-19-12-10-18(11-13-19)29-23(14-22(28-29)20-4-2-3-5-21(20)26)24(30)27-15-16-6-8-17(25)9-7-16/h2-14H,15H2,1H3,(H,27,30). The topological polar surface area (TPSA) is 56.2 Å². The fourth-order valence-corrected chi connectivity index (χ4v) is 3.14. The van der Waals surface area contributed by atoms with Crippen molar-refractivity contribution in [3.05, 3.63) is 102 Å². The molecule has 31 heavy (non-hydrogen) atoms. The van der Waals surface area contributed by atoms with Gasteiger partial charge in [-0.05, 0) is 60.2 Å². The number of rotatable bonds is 6. The summed E-state index contributed by atoms with van der Waals surface area (Å²) in [5.41, 5.74) is 2.24. The van der Waals surface area contributed by atoms with E-state index in [0.717, 1.165) is 5.56 Å². The number of nitrogens with zero attached hydrogens (tertiary/aromatic N) is 2. The van der Waals surface area contributed by atoms with Crippen molar-refractivity contribution in [1.29, 1.82) is 0 Å². The molecule has 0 radical (unpaired) electrons. The molecule has 0 aliphatic heterocycles. The zero-order chi connectivity index (χ0) is 21.8. The molecule has 1 N–H and O–H groups in total. The van der Waals surface area contributed by atoms with Gasteiger partial charge in [-0.2, -0.15) is 5.10 Å². The van der Waals surface area contributed by atoms with E-state index in [1.807, 2.05) is 0 Å². The van der Waals surface area contributed by atoms with E-state index >= 15 is 0 Å². The number of amides is 1. The van der Waals surface area contributed by atoms with Crippen molar-refractivity contribution in [2.45, 2.75) is 6.54 Å². The number of carbonyl (C=O) groups is 1. The van der Waals surface area contributed by atoms with Gasteiger partial charge in [0, 0.05) is 12.1 Å². The molecule has 0 bridgehead atoms. The molecule has 1 amide bonds. The lowest BCUT2D eigenvalue weighted by molar-refractivity contribution is 0.0943. The van der Waals surface area contributed by atoms with Crippen molar-refractivity contribution in [3.63, 3.8) is 0 Å². The van der Waals surface area contributed by atoms with Gasteiger partial charge in [-0.25, -0.2) is 13.5 Å². The van der Waals surface area contributed by atoms with Gasteiger partial charge in [0.2, 0.25) is 0 Å². The van der Waals surface area contributed by atoms with Crippen molar-refractivity contribution in [2.24, 2.45) is 0 Å². The van der Waals surface area contributed by atoms with Crippen molar-refractivity contribution < 1.29 is 18.3 Å². The summed E-state index contributed by atoms with van der Waals surface area (Å²) in [6.45, 7) is 0.210. The van der Waals surface area contributed by atoms with E-state index in [0.29, 0.717) is 22.7 Å². The Balaban J connectivity index is 1.69. The number of halogens is 2. The van der Waals surface area contributed by atoms with Crippen LogP contribution in [0.3, 0.4) is 0 Å². The Bertz CT molecular complexity index is 1200. The SMILES string of the molecule is COc1ccc(-n2nc(-c3ccccc3F)cc2C(=O)NCc2ccc(F)cc2)cc1. The van der Waals surface area contributed by atoms with Crippen molar-refractivity contribution in [3.8, 4) is 22.7 Å². The minimum absolute atomic E-state index is 0.210. The lowest BCUT2D eigenvalue weighted by Crippen LogP contribution is -2.25. The summed E-state index contributed by atoms with van der Waals surface area (Å²) < 4.78 is 34.1. The minimum Gasteiger partial charge on any atom is -0.497 e. The molecule has 156 valence electrons. The van der Waals surface area contributed by atoms with Crippen LogP contribution in [0.2, 0.25) is 0 Å². The van der Waals surface area contributed by atoms with E-state index in [9.17, 15) is 13.6 Å². The highest BCUT2D eigenvalue weighted by Crippen LogP contribution is 2.25. The monoisotopic (exact) mass is 419 g/mol. The summed E-state index contributed by atoms with van der Waals surface area (Å²) in [5, 5.41) is 7.29. The molecule has 0 aliphatic carbocycles. The molecule has 1 aromatic heterocycles. The first-order valence-corrected chi connectivity index (χ1v) is 9.57. The Kier molecular flexibility index (Phi) is 5.75. The third-order valence-electron chi connectivity index (χ3n) is 4.78. The van der Waals surface area contributed by atoms with Gasteiger partial charge in [-0.1, -0.05) is 24.3 Å². The second-order valence-corrected chi connectivity index (χ2v) is 6.81. The molecule has 1 heterocycles. The van der Waals surface area contributed by atoms with Gasteiger partial charge >= 0.3 is 0 Å². The molecule has 5 nitrogen and oxygen atoms in total. The Labute approximate surface area is 177 Å². The Hall–Kier alpha value is -4.00. The Morgan fingerprint density at radius 3 is 2.39 bits per heavy atom. The number of nitrogens with one attached hydrogen (secondary N) is 1. The molecule has 0 saturated carbocycles. The number of benzene rings is 3. The number of aromatic nitrogens is 2. The molecule has 0 saturated heterocycles. The van der Waals surface area contributed by atoms with E-state index in [1.165, 1.54) is 22.9 Å². The third kappa shape index (κ3) is 4.45. The fraction of sp³-hybridized carbons (Fsp3) is 0.0833. The molecule has 0 fully saturated rings. The maximum absolute atomic E-state index is 14.3. The summed E-state index contributed by atoms with van der Waals surface area (Å²) in [5.74, 6) is -0.509. The average Bonchev–Trinajstić information content (AvgIpc) is 3.24. The number of ether oxygens (including phenoxy) is 1. The van der Waals surface area contributed by atoms with E-state index in [1.54, 1.807) is 67.8 Å². The maximum atomic E-state index is 14.3. The Morgan fingerprint density at radius 1 is 1.00 bits per heavy atom. The molecule has 3 aromatic carbocycles. The largest absolute Gasteiger partial charge is 0.497 e. The smallest absolute Gasteiger partial charge is 0.270 e. The van der Waals surface area contributed by atoms with E-state index < -0.39 is 11.7 Å². The number of hydrogen-bond acceptors (Lipinski definition) is 3. The number of hydrogen-bond donors (Lipinski definition) is 1. The number of methoxy groups -OCH3 is 1. The predicted octanol–water partition coefficient (Wildman–Crippen LogP) is 4.76. The molecule has 0 spiro atoms. The van der Waals surface area contributed by atoms with Crippen LogP contribution in [0, 0.1) is 11.6 Å². The maximum Gasteiger partial charge on any atom is 0.270 e. The van der Waals surface area contributed by atoms with Crippen LogP contribution < -0.4 is 10.1 Å². The van der Waals surface area contributed by atoms with Crippen LogP contribution >= 0.6 is 0 Å². The van der Waals surface area contributed by atoms with Gasteiger partial charge in [-0.15, -0.1) is 0 Å². The van der Waals surface area contributed by atoms with Gasteiger partial charge in [0.25, 0.3) is 5.91 Å². The van der Waals surface area contributed by atoms with Gasteiger partial charge in [0.1, 0.15) is 23.1 Å². The summed E-state index contributed by atoms with van der Waals surface area (Å²) in [7, 11) is 1.56. The summed E-state index contributed by atoms with van der Waals surface area (Å²) in [6.07, 6.45) is 0. The van der Waals surface area contributed by atoms with Crippen molar-refractivity contribution >= 4 is 5.91 Å². The molecule has 7 heteroatoms. The lowest BCUT2D eigenvalue weighted by atomic mass is 10.1. The number of carbonyl (C=O) groups excluding carboxylic acids is 1. The van der Waals surface area contributed by atoms with Crippen LogP contribution in [0.5, 0.6) is 5.75 Å². The highest BCUT2D eigenvalue weighted by Gasteiger charge is 2.19. The van der Waals surface area contributed by atoms with Crippen molar-refractivity contribution in [2.75, 3.05) is 7.11 Å². The summed E-state index contributed by atoms with van der Waals surface area (Å²) >= 11 is 0. The lowest BCUT2D eigenvalue weighted by Gasteiger charge is -2.09. The molecular weight excluding hydrogens is 400 g/mol. The second kappa shape index (κ2) is 8.79. The highest BCUT2D eigenvalue weighted by molar-refractivity contribution is 5.94. The zero-order valence-electron chi connectivity index (χ0n) is 16.7. The van der Waals surface area contributed by atoms with Crippen molar-refractivity contribution in [1.82, 2.24) is 15.1 Å². The zero-order valence-corrected chi connectivity index (χ0v) is 16.7. The predicted molar refractivity (Wildman–Crippen MR) is 113 cm³/mol. The van der Waals surface area contributed by atoms with Gasteiger partial charge in [-0.3, -0.25) is 4.79 Å². The molecule has 0 atom stereocenters. The molecule has 4 aromatic rings. The van der Waals surface area contributed by atoms with Crippen LogP contribution in [-0.4, -0.2) is 22.8 Å². The summed E-state index contributed by atoms with van der Waals surface area (Å²) in [6, 6.07) is 20.7. The van der Waals surface area contributed by atoms with Gasteiger partial charge in [0.15, 0.2) is 0 Å². The van der Waals surface area contributed by atoms with Crippen LogP contribution in [0.15, 0.2) is 78.9 Å². The second-order valence-electron chi connectivity index (χ2n) is 6.81. The molecule has 4 rings (SSSR count). The first-order chi connectivity index (χ1) is 15.0. The van der Waals surface area contributed by atoms with E-state index in [2.05, 4.69) is 10.4 Å². The first kappa shape index (κ1) is 20.3. The third-order valence-corrected chi connectivity index (χ3v) is 4.78. The quantitative estimate of drug-likeness (QED) is 0.490. The fourth-order valence-electron chi connectivity index (χ4n) is 3.14. The van der Waals surface area contributed by atoms with Gasteiger partial charge < -0.3 is 10.1 Å². The van der Waals surface area contributed by atoms with Crippen LogP contribution in [0.4, 0.5) is 8.78 Å². The van der Waals surface area contributed by atoms with E-state index in [4.69, 9.17) is 4.74 Å². The molecular formula is C24H19F2N3O2. The van der Waals surface area contributed by atoms with Crippen LogP contribution in [0.1, 0.15) is 16.1 Å². The minimum atomic E-state index is -0.430. The van der Waals surface area contributed by atoms with Crippen LogP contribution in [0.25, 0.3) is 16.9 Å². The molecule has 0 aliphatic rings. The molecule has 0 unspecified atom stereocenters.